The molecule has 3 aromatic heterocycles. The second-order valence-corrected chi connectivity index (χ2v) is 7.64. The first-order valence-corrected chi connectivity index (χ1v) is 9.04. The van der Waals surface area contributed by atoms with E-state index >= 15 is 0 Å². The molecule has 0 aliphatic heterocycles. The zero-order valence-electron chi connectivity index (χ0n) is 13.2. The van der Waals surface area contributed by atoms with E-state index in [1.54, 1.807) is 13.0 Å². The van der Waals surface area contributed by atoms with Crippen LogP contribution < -0.4 is 0 Å². The van der Waals surface area contributed by atoms with E-state index in [9.17, 15) is 13.2 Å². The van der Waals surface area contributed by atoms with Gasteiger partial charge in [-0.2, -0.15) is 18.3 Å². The normalized spacial score (nSPS) is 12.0. The highest BCUT2D eigenvalue weighted by Gasteiger charge is 2.33. The monoisotopic (exact) mass is 393 g/mol. The maximum Gasteiger partial charge on any atom is 0.435 e. The molecule has 0 saturated carbocycles. The molecule has 0 unspecified atom stereocenters. The number of rotatable bonds is 3. The van der Waals surface area contributed by atoms with E-state index in [4.69, 9.17) is 0 Å². The fourth-order valence-corrected chi connectivity index (χ4v) is 4.32. The van der Waals surface area contributed by atoms with Crippen molar-refractivity contribution in [1.82, 2.24) is 24.7 Å². The van der Waals surface area contributed by atoms with Crippen molar-refractivity contribution in [3.05, 3.63) is 54.0 Å². The summed E-state index contributed by atoms with van der Waals surface area (Å²) in [5, 5.41) is 4.11. The van der Waals surface area contributed by atoms with Crippen molar-refractivity contribution in [2.45, 2.75) is 22.5 Å². The average Bonchev–Trinajstić information content (AvgIpc) is 3.20. The number of benzene rings is 1. The smallest absolute Gasteiger partial charge is 0.229 e. The van der Waals surface area contributed by atoms with Gasteiger partial charge < -0.3 is 0 Å². The lowest BCUT2D eigenvalue weighted by atomic mass is 10.3. The van der Waals surface area contributed by atoms with Crippen molar-refractivity contribution < 1.29 is 13.2 Å². The Labute approximate surface area is 153 Å². The number of hydrogen-bond acceptors (Lipinski definition) is 6. The molecule has 132 valence electrons. The minimum absolute atomic E-state index is 0.0871. The molecule has 0 radical (unpaired) electrons. The third-order valence-electron chi connectivity index (χ3n) is 3.37. The molecule has 0 aliphatic rings. The van der Waals surface area contributed by atoms with Crippen molar-refractivity contribution in [2.24, 2.45) is 0 Å². The number of para-hydroxylation sites is 1. The molecule has 5 nitrogen and oxygen atoms in total. The second kappa shape index (κ2) is 6.36. The topological polar surface area (TPSA) is 56.5 Å². The molecule has 0 amide bonds. The Kier molecular flexibility index (Phi) is 4.16. The van der Waals surface area contributed by atoms with Crippen LogP contribution in [0.15, 0.2) is 52.0 Å². The van der Waals surface area contributed by atoms with Crippen LogP contribution in [0.25, 0.3) is 16.2 Å². The first kappa shape index (κ1) is 17.0. The Bertz CT molecular complexity index is 1050. The number of alkyl halides is 3. The second-order valence-electron chi connectivity index (χ2n) is 5.34. The first-order chi connectivity index (χ1) is 12.4. The Morgan fingerprint density at radius 1 is 1.08 bits per heavy atom. The highest BCUT2D eigenvalue weighted by atomic mass is 32.2. The molecule has 10 heteroatoms. The quantitative estimate of drug-likeness (QED) is 0.470. The van der Waals surface area contributed by atoms with E-state index in [0.29, 0.717) is 10.7 Å². The lowest BCUT2D eigenvalue weighted by Crippen LogP contribution is -2.09. The number of nitrogens with zero attached hydrogens (tertiary/aromatic N) is 5. The van der Waals surface area contributed by atoms with Gasteiger partial charge in [0.2, 0.25) is 0 Å². The van der Waals surface area contributed by atoms with Crippen molar-refractivity contribution in [3.63, 3.8) is 0 Å². The minimum Gasteiger partial charge on any atom is -0.229 e. The van der Waals surface area contributed by atoms with Gasteiger partial charge in [0.05, 0.1) is 10.2 Å². The van der Waals surface area contributed by atoms with Gasteiger partial charge in [0.1, 0.15) is 5.03 Å². The molecule has 0 fully saturated rings. The molecule has 0 aliphatic carbocycles. The van der Waals surface area contributed by atoms with Crippen LogP contribution in [0.3, 0.4) is 0 Å². The number of halogens is 3. The molecular formula is C16H10F3N5S2. The van der Waals surface area contributed by atoms with E-state index in [0.717, 1.165) is 25.3 Å². The fraction of sp³-hybridized carbons (Fsp3) is 0.125. The third kappa shape index (κ3) is 3.42. The van der Waals surface area contributed by atoms with Gasteiger partial charge in [-0.1, -0.05) is 12.1 Å². The standard InChI is InChI=1S/C16H10F3N5S2/c1-9-8-13(26-15-21-10-4-2-3-5-11(10)25-15)22-14(20-9)24-7-6-12(23-24)16(17,18)19/h2-8H,1H3. The van der Waals surface area contributed by atoms with Gasteiger partial charge in [0.25, 0.3) is 5.95 Å². The lowest BCUT2D eigenvalue weighted by Gasteiger charge is -2.05. The first-order valence-electron chi connectivity index (χ1n) is 7.41. The molecule has 0 spiro atoms. The van der Waals surface area contributed by atoms with Crippen LogP contribution in [-0.2, 0) is 6.18 Å². The number of aryl methyl sites for hydroxylation is 1. The summed E-state index contributed by atoms with van der Waals surface area (Å²) in [5.74, 6) is 0.0871. The van der Waals surface area contributed by atoms with Crippen molar-refractivity contribution >= 4 is 33.3 Å². The van der Waals surface area contributed by atoms with Gasteiger partial charge in [-0.25, -0.2) is 19.6 Å². The van der Waals surface area contributed by atoms with Crippen LogP contribution in [0.2, 0.25) is 0 Å². The maximum absolute atomic E-state index is 12.7. The summed E-state index contributed by atoms with van der Waals surface area (Å²) in [4.78, 5) is 13.0. The summed E-state index contributed by atoms with van der Waals surface area (Å²) in [7, 11) is 0. The summed E-state index contributed by atoms with van der Waals surface area (Å²) < 4.78 is 41.1. The molecule has 4 aromatic rings. The third-order valence-corrected chi connectivity index (χ3v) is 5.38. The summed E-state index contributed by atoms with van der Waals surface area (Å²) in [6, 6.07) is 10.4. The molecule has 3 heterocycles. The van der Waals surface area contributed by atoms with Gasteiger partial charge in [0.15, 0.2) is 10.0 Å². The van der Waals surface area contributed by atoms with Gasteiger partial charge >= 0.3 is 6.18 Å². The largest absolute Gasteiger partial charge is 0.435 e. The SMILES string of the molecule is Cc1cc(Sc2nc3ccccc3s2)nc(-n2ccc(C(F)(F)F)n2)n1. The predicted octanol–water partition coefficient (Wildman–Crippen LogP) is 4.75. The molecule has 0 saturated heterocycles. The van der Waals surface area contributed by atoms with E-state index in [1.165, 1.54) is 29.3 Å². The molecule has 26 heavy (non-hydrogen) atoms. The highest BCUT2D eigenvalue weighted by molar-refractivity contribution is 8.01. The number of aromatic nitrogens is 5. The van der Waals surface area contributed by atoms with Crippen molar-refractivity contribution in [2.75, 3.05) is 0 Å². The molecule has 4 rings (SSSR count). The van der Waals surface area contributed by atoms with Crippen LogP contribution in [0.1, 0.15) is 11.4 Å². The molecule has 0 atom stereocenters. The minimum atomic E-state index is -4.51. The summed E-state index contributed by atoms with van der Waals surface area (Å²) >= 11 is 2.87. The van der Waals surface area contributed by atoms with Crippen LogP contribution in [0.4, 0.5) is 13.2 Å². The summed E-state index contributed by atoms with van der Waals surface area (Å²) in [6.45, 7) is 1.75. The Balaban J connectivity index is 1.66. The fourth-order valence-electron chi connectivity index (χ4n) is 2.25. The van der Waals surface area contributed by atoms with Gasteiger partial charge in [0, 0.05) is 11.9 Å². The van der Waals surface area contributed by atoms with E-state index < -0.39 is 11.9 Å². The zero-order valence-corrected chi connectivity index (χ0v) is 14.9. The van der Waals surface area contributed by atoms with Gasteiger partial charge in [-0.15, -0.1) is 11.3 Å². The molecule has 0 N–H and O–H groups in total. The van der Waals surface area contributed by atoms with Crippen LogP contribution >= 0.6 is 23.1 Å². The van der Waals surface area contributed by atoms with Crippen LogP contribution in [0, 0.1) is 6.92 Å². The van der Waals surface area contributed by atoms with E-state index in [2.05, 4.69) is 20.1 Å². The van der Waals surface area contributed by atoms with Crippen LogP contribution in [0.5, 0.6) is 0 Å². The average molecular weight is 393 g/mol. The Morgan fingerprint density at radius 2 is 1.88 bits per heavy atom. The molecular weight excluding hydrogens is 383 g/mol. The molecule has 0 bridgehead atoms. The maximum atomic E-state index is 12.7. The molecule has 1 aromatic carbocycles. The van der Waals surface area contributed by atoms with Crippen LogP contribution in [-0.4, -0.2) is 24.7 Å². The summed E-state index contributed by atoms with van der Waals surface area (Å²) in [5.41, 5.74) is 0.540. The van der Waals surface area contributed by atoms with Gasteiger partial charge in [-0.3, -0.25) is 0 Å². The number of fused-ring (bicyclic) bond motifs is 1. The summed E-state index contributed by atoms with van der Waals surface area (Å²) in [6.07, 6.45) is -3.31. The Morgan fingerprint density at radius 3 is 2.62 bits per heavy atom. The van der Waals surface area contributed by atoms with E-state index in [1.807, 2.05) is 24.3 Å². The zero-order chi connectivity index (χ0) is 18.3. The van der Waals surface area contributed by atoms with Gasteiger partial charge in [-0.05, 0) is 43.0 Å². The number of hydrogen-bond donors (Lipinski definition) is 0. The van der Waals surface area contributed by atoms with Crippen molar-refractivity contribution in [1.29, 1.82) is 0 Å². The van der Waals surface area contributed by atoms with E-state index in [-0.39, 0.29) is 5.95 Å². The lowest BCUT2D eigenvalue weighted by molar-refractivity contribution is -0.141. The highest BCUT2D eigenvalue weighted by Crippen LogP contribution is 2.34. The number of thiazole rings is 1. The van der Waals surface area contributed by atoms with Crippen molar-refractivity contribution in [3.8, 4) is 5.95 Å². The Hall–Kier alpha value is -2.46. The predicted molar refractivity (Wildman–Crippen MR) is 92.6 cm³/mol.